The largest absolute Gasteiger partial charge is 0.378 e. The number of ether oxygens (including phenoxy) is 1. The Hall–Kier alpha value is -1.60. The van der Waals surface area contributed by atoms with Gasteiger partial charge in [0.05, 0.1) is 23.0 Å². The number of hydrogen-bond acceptors (Lipinski definition) is 4. The van der Waals surface area contributed by atoms with Crippen LogP contribution in [-0.2, 0) is 4.74 Å². The molecule has 0 aromatic carbocycles. The number of aryl methyl sites for hydroxylation is 2. The molecular formula is C17H23N3O. The van der Waals surface area contributed by atoms with Crippen molar-refractivity contribution in [2.75, 3.05) is 24.6 Å². The first-order valence-corrected chi connectivity index (χ1v) is 7.94. The summed E-state index contributed by atoms with van der Waals surface area (Å²) in [7, 11) is 0. The Balaban J connectivity index is 1.73. The summed E-state index contributed by atoms with van der Waals surface area (Å²) in [5, 5.41) is 9.41. The van der Waals surface area contributed by atoms with E-state index in [2.05, 4.69) is 22.0 Å². The molecule has 4 nitrogen and oxygen atoms in total. The highest BCUT2D eigenvalue weighted by Crippen LogP contribution is 2.32. The molecule has 2 saturated heterocycles. The van der Waals surface area contributed by atoms with Crippen molar-refractivity contribution < 1.29 is 4.74 Å². The predicted molar refractivity (Wildman–Crippen MR) is 82.3 cm³/mol. The lowest BCUT2D eigenvalue weighted by atomic mass is 9.89. The number of nitrogens with zero attached hydrogens (tertiary/aromatic N) is 3. The van der Waals surface area contributed by atoms with Crippen molar-refractivity contribution in [1.29, 1.82) is 5.26 Å². The Kier molecular flexibility index (Phi) is 4.12. The molecule has 2 fully saturated rings. The molecule has 112 valence electrons. The van der Waals surface area contributed by atoms with Gasteiger partial charge in [-0.2, -0.15) is 5.26 Å². The van der Waals surface area contributed by atoms with Crippen molar-refractivity contribution in [3.8, 4) is 6.07 Å². The summed E-state index contributed by atoms with van der Waals surface area (Å²) in [4.78, 5) is 6.76. The summed E-state index contributed by atoms with van der Waals surface area (Å²) in [6, 6.07) is 4.38. The highest BCUT2D eigenvalue weighted by atomic mass is 16.5. The van der Waals surface area contributed by atoms with E-state index in [1.807, 2.05) is 13.8 Å². The highest BCUT2D eigenvalue weighted by molar-refractivity contribution is 5.61. The zero-order chi connectivity index (χ0) is 14.8. The summed E-state index contributed by atoms with van der Waals surface area (Å²) in [6.07, 6.45) is 5.24. The monoisotopic (exact) mass is 285 g/mol. The zero-order valence-electron chi connectivity index (χ0n) is 12.9. The van der Waals surface area contributed by atoms with Crippen LogP contribution in [-0.4, -0.2) is 30.8 Å². The van der Waals surface area contributed by atoms with Crippen molar-refractivity contribution in [3.63, 3.8) is 0 Å². The molecule has 0 spiro atoms. The summed E-state index contributed by atoms with van der Waals surface area (Å²) in [6.45, 7) is 6.89. The number of hydrogen-bond donors (Lipinski definition) is 0. The molecule has 2 aliphatic heterocycles. The summed E-state index contributed by atoms with van der Waals surface area (Å²) >= 11 is 0. The van der Waals surface area contributed by atoms with E-state index < -0.39 is 0 Å². The normalized spacial score (nSPS) is 23.3. The summed E-state index contributed by atoms with van der Waals surface area (Å²) in [5.74, 6) is 0.693. The van der Waals surface area contributed by atoms with Crippen LogP contribution in [0.3, 0.4) is 0 Å². The van der Waals surface area contributed by atoms with Gasteiger partial charge in [0.15, 0.2) is 0 Å². The van der Waals surface area contributed by atoms with Gasteiger partial charge in [-0.1, -0.05) is 0 Å². The molecule has 0 amide bonds. The average Bonchev–Trinajstić information content (AvgIpc) is 3.01. The molecule has 0 bridgehead atoms. The molecule has 21 heavy (non-hydrogen) atoms. The van der Waals surface area contributed by atoms with Gasteiger partial charge in [0.2, 0.25) is 0 Å². The van der Waals surface area contributed by atoms with Gasteiger partial charge in [0, 0.05) is 25.4 Å². The maximum atomic E-state index is 9.41. The maximum Gasteiger partial charge on any atom is 0.103 e. The quantitative estimate of drug-likeness (QED) is 0.838. The van der Waals surface area contributed by atoms with Crippen LogP contribution in [0, 0.1) is 31.1 Å². The minimum atomic E-state index is 0.475. The van der Waals surface area contributed by atoms with E-state index in [9.17, 15) is 5.26 Å². The van der Waals surface area contributed by atoms with E-state index in [4.69, 9.17) is 4.74 Å². The fourth-order valence-electron chi connectivity index (χ4n) is 3.68. The van der Waals surface area contributed by atoms with Crippen LogP contribution in [0.1, 0.15) is 42.6 Å². The Morgan fingerprint density at radius 1 is 1.29 bits per heavy atom. The zero-order valence-corrected chi connectivity index (χ0v) is 12.9. The van der Waals surface area contributed by atoms with E-state index >= 15 is 0 Å². The minimum absolute atomic E-state index is 0.475. The van der Waals surface area contributed by atoms with E-state index in [-0.39, 0.29) is 0 Å². The molecular weight excluding hydrogens is 262 g/mol. The van der Waals surface area contributed by atoms with Crippen molar-refractivity contribution in [2.24, 2.45) is 5.92 Å². The number of piperidine rings is 1. The van der Waals surface area contributed by atoms with E-state index in [1.54, 1.807) is 0 Å². The van der Waals surface area contributed by atoms with Crippen LogP contribution in [0.2, 0.25) is 0 Å². The Morgan fingerprint density at radius 3 is 2.67 bits per heavy atom. The summed E-state index contributed by atoms with van der Waals surface area (Å²) in [5.41, 5.74) is 3.63. The first-order valence-electron chi connectivity index (χ1n) is 7.94. The van der Waals surface area contributed by atoms with Crippen LogP contribution < -0.4 is 4.90 Å². The fraction of sp³-hybridized carbons (Fsp3) is 0.647. The lowest BCUT2D eigenvalue weighted by Crippen LogP contribution is -2.38. The third-order valence-corrected chi connectivity index (χ3v) is 4.79. The van der Waals surface area contributed by atoms with Gasteiger partial charge in [-0.05, 0) is 51.5 Å². The van der Waals surface area contributed by atoms with Gasteiger partial charge in [-0.3, -0.25) is 4.98 Å². The third kappa shape index (κ3) is 2.89. The Labute approximate surface area is 126 Å². The minimum Gasteiger partial charge on any atom is -0.378 e. The molecule has 0 saturated carbocycles. The molecule has 4 heteroatoms. The molecule has 1 unspecified atom stereocenters. The van der Waals surface area contributed by atoms with Gasteiger partial charge in [0.1, 0.15) is 6.07 Å². The lowest BCUT2D eigenvalue weighted by Gasteiger charge is -2.36. The Morgan fingerprint density at radius 2 is 2.05 bits per heavy atom. The average molecular weight is 285 g/mol. The lowest BCUT2D eigenvalue weighted by molar-refractivity contribution is 0.0531. The third-order valence-electron chi connectivity index (χ3n) is 4.79. The highest BCUT2D eigenvalue weighted by Gasteiger charge is 2.30. The van der Waals surface area contributed by atoms with Gasteiger partial charge in [-0.25, -0.2) is 0 Å². The van der Waals surface area contributed by atoms with E-state index in [0.717, 1.165) is 55.2 Å². The smallest absolute Gasteiger partial charge is 0.103 e. The first kappa shape index (κ1) is 14.3. The second kappa shape index (κ2) is 6.03. The molecule has 3 rings (SSSR count). The van der Waals surface area contributed by atoms with Crippen LogP contribution in [0.15, 0.2) is 6.07 Å². The van der Waals surface area contributed by atoms with Crippen LogP contribution in [0.4, 0.5) is 5.69 Å². The number of aromatic nitrogens is 1. The van der Waals surface area contributed by atoms with Crippen LogP contribution in [0.25, 0.3) is 0 Å². The van der Waals surface area contributed by atoms with Gasteiger partial charge in [-0.15, -0.1) is 0 Å². The van der Waals surface area contributed by atoms with E-state index in [0.29, 0.717) is 12.0 Å². The van der Waals surface area contributed by atoms with Crippen molar-refractivity contribution in [2.45, 2.75) is 45.6 Å². The number of anilines is 1. The standard InChI is InChI=1S/C17H23N3O/c1-12-10-16(15(11-18)13(2)19-12)20-7-5-14(6-8-20)17-4-3-9-21-17/h10,14,17H,3-9H2,1-2H3. The number of nitriles is 1. The molecule has 0 N–H and O–H groups in total. The van der Waals surface area contributed by atoms with Gasteiger partial charge < -0.3 is 9.64 Å². The SMILES string of the molecule is Cc1cc(N2CCC(C3CCCO3)CC2)c(C#N)c(C)n1. The van der Waals surface area contributed by atoms with Crippen LogP contribution in [0.5, 0.6) is 0 Å². The fourth-order valence-corrected chi connectivity index (χ4v) is 3.68. The van der Waals surface area contributed by atoms with Crippen LogP contribution >= 0.6 is 0 Å². The Bertz CT molecular complexity index is 550. The molecule has 3 heterocycles. The number of pyridine rings is 1. The predicted octanol–water partition coefficient (Wildman–Crippen LogP) is 2.97. The second-order valence-electron chi connectivity index (χ2n) is 6.23. The molecule has 2 aliphatic rings. The van der Waals surface area contributed by atoms with Crippen molar-refractivity contribution in [3.05, 3.63) is 23.0 Å². The second-order valence-corrected chi connectivity index (χ2v) is 6.23. The molecule has 1 aromatic heterocycles. The maximum absolute atomic E-state index is 9.41. The van der Waals surface area contributed by atoms with Crippen molar-refractivity contribution in [1.82, 2.24) is 4.98 Å². The molecule has 0 radical (unpaired) electrons. The van der Waals surface area contributed by atoms with Crippen molar-refractivity contribution >= 4 is 5.69 Å². The molecule has 1 atom stereocenters. The van der Waals surface area contributed by atoms with Gasteiger partial charge >= 0.3 is 0 Å². The molecule has 0 aliphatic carbocycles. The van der Waals surface area contributed by atoms with Gasteiger partial charge in [0.25, 0.3) is 0 Å². The molecule has 1 aromatic rings. The van der Waals surface area contributed by atoms with E-state index in [1.165, 1.54) is 12.8 Å². The summed E-state index contributed by atoms with van der Waals surface area (Å²) < 4.78 is 5.84. The number of rotatable bonds is 2. The first-order chi connectivity index (χ1) is 10.2. The topological polar surface area (TPSA) is 49.1 Å².